The second-order valence-electron chi connectivity index (χ2n) is 10.1. The number of unbranched alkanes of at least 4 members (excludes halogenated alkanes) is 1. The van der Waals surface area contributed by atoms with Gasteiger partial charge in [0, 0.05) is 22.9 Å². The summed E-state index contributed by atoms with van der Waals surface area (Å²) >= 11 is 6.14. The van der Waals surface area contributed by atoms with Gasteiger partial charge in [-0.2, -0.15) is 5.26 Å². The maximum absolute atomic E-state index is 14.0. The van der Waals surface area contributed by atoms with E-state index < -0.39 is 0 Å². The predicted octanol–water partition coefficient (Wildman–Crippen LogP) is 11.3. The van der Waals surface area contributed by atoms with Crippen LogP contribution in [0.4, 0.5) is 4.39 Å². The van der Waals surface area contributed by atoms with Gasteiger partial charge in [0.25, 0.3) is 0 Å². The second kappa shape index (κ2) is 17.6. The molecule has 39 heavy (non-hydrogen) atoms. The number of aryl methyl sites for hydroxylation is 2. The largest absolute Gasteiger partial charge is 0.259 e. The Morgan fingerprint density at radius 2 is 1.72 bits per heavy atom. The fourth-order valence-electron chi connectivity index (χ4n) is 4.42. The molecule has 0 saturated carbocycles. The maximum Gasteiger partial charge on any atom is 0.142 e. The molecule has 0 heterocycles. The third kappa shape index (κ3) is 11.4. The van der Waals surface area contributed by atoms with Crippen molar-refractivity contribution >= 4 is 22.9 Å². The number of allylic oxidation sites excluding steroid dienone is 6. The molecule has 0 fully saturated rings. The van der Waals surface area contributed by atoms with Gasteiger partial charge < -0.3 is 0 Å². The van der Waals surface area contributed by atoms with Gasteiger partial charge in [0.15, 0.2) is 0 Å². The van der Waals surface area contributed by atoms with E-state index in [9.17, 15) is 4.39 Å². The normalized spacial score (nSPS) is 13.7. The number of hydrogen-bond donors (Lipinski definition) is 0. The van der Waals surface area contributed by atoms with E-state index in [0.717, 1.165) is 54.6 Å². The zero-order valence-corrected chi connectivity index (χ0v) is 26.1. The molecule has 2 nitrogen and oxygen atoms in total. The molecule has 1 atom stereocenters. The van der Waals surface area contributed by atoms with Crippen LogP contribution in [-0.2, 0) is 6.42 Å². The van der Waals surface area contributed by atoms with Gasteiger partial charge in [-0.1, -0.05) is 87.2 Å². The van der Waals surface area contributed by atoms with Gasteiger partial charge in [-0.05, 0) is 101 Å². The SMILES string of the molecule is CC/C=C(C)/N=C(C)/C=C(\C)C#N.CCCC/C(=C(/C)C(C)c1ccc(C)cc1)c1cc(Cl)c(F)cc1CC. The molecule has 2 aromatic rings. The van der Waals surface area contributed by atoms with Gasteiger partial charge in [0.05, 0.1) is 11.1 Å². The number of aliphatic imine (C=N–C) groups is 1. The number of nitrogens with zero attached hydrogens (tertiary/aromatic N) is 2. The Morgan fingerprint density at radius 3 is 2.26 bits per heavy atom. The lowest BCUT2D eigenvalue weighted by Gasteiger charge is -2.21. The molecule has 1 unspecified atom stereocenters. The molecule has 2 aromatic carbocycles. The number of nitriles is 1. The van der Waals surface area contributed by atoms with Crippen LogP contribution in [0.3, 0.4) is 0 Å². The highest BCUT2D eigenvalue weighted by atomic mass is 35.5. The van der Waals surface area contributed by atoms with E-state index in [1.165, 1.54) is 22.3 Å². The van der Waals surface area contributed by atoms with Crippen molar-refractivity contribution in [3.8, 4) is 6.07 Å². The zero-order chi connectivity index (χ0) is 29.5. The predicted molar refractivity (Wildman–Crippen MR) is 169 cm³/mol. The molecule has 4 heteroatoms. The minimum atomic E-state index is -0.327. The quantitative estimate of drug-likeness (QED) is 0.215. The topological polar surface area (TPSA) is 36.1 Å². The Balaban J connectivity index is 0.000000495. The maximum atomic E-state index is 14.0. The van der Waals surface area contributed by atoms with Crippen molar-refractivity contribution in [3.05, 3.63) is 98.5 Å². The third-order valence-electron chi connectivity index (χ3n) is 6.79. The van der Waals surface area contributed by atoms with Gasteiger partial charge in [0.1, 0.15) is 5.82 Å². The Kier molecular flexibility index (Phi) is 15.4. The summed E-state index contributed by atoms with van der Waals surface area (Å²) in [4.78, 5) is 4.30. The molecular formula is C35H46ClFN2. The van der Waals surface area contributed by atoms with Gasteiger partial charge in [0.2, 0.25) is 0 Å². The number of rotatable bonds is 10. The highest BCUT2D eigenvalue weighted by Crippen LogP contribution is 2.36. The summed E-state index contributed by atoms with van der Waals surface area (Å²) in [7, 11) is 0. The first kappa shape index (κ1) is 34.1. The average Bonchev–Trinajstić information content (AvgIpc) is 2.90. The molecular weight excluding hydrogens is 503 g/mol. The van der Waals surface area contributed by atoms with Crippen molar-refractivity contribution in [3.63, 3.8) is 0 Å². The minimum absolute atomic E-state index is 0.210. The zero-order valence-electron chi connectivity index (χ0n) is 25.4. The molecule has 0 spiro atoms. The number of hydrogen-bond acceptors (Lipinski definition) is 2. The van der Waals surface area contributed by atoms with Crippen LogP contribution in [0, 0.1) is 24.1 Å². The third-order valence-corrected chi connectivity index (χ3v) is 7.08. The summed E-state index contributed by atoms with van der Waals surface area (Å²) in [5.74, 6) is -0.0117. The summed E-state index contributed by atoms with van der Waals surface area (Å²) in [5.41, 5.74) is 9.96. The van der Waals surface area contributed by atoms with Crippen molar-refractivity contribution < 1.29 is 4.39 Å². The molecule has 0 N–H and O–H groups in total. The second-order valence-corrected chi connectivity index (χ2v) is 10.5. The molecule has 0 aliphatic carbocycles. The highest BCUT2D eigenvalue weighted by Gasteiger charge is 2.17. The first-order chi connectivity index (χ1) is 18.5. The van der Waals surface area contributed by atoms with Crippen LogP contribution < -0.4 is 0 Å². The van der Waals surface area contributed by atoms with E-state index in [-0.39, 0.29) is 10.8 Å². The average molecular weight is 549 g/mol. The van der Waals surface area contributed by atoms with Crippen LogP contribution >= 0.6 is 11.6 Å². The van der Waals surface area contributed by atoms with Crippen LogP contribution in [0.5, 0.6) is 0 Å². The molecule has 0 amide bonds. The van der Waals surface area contributed by atoms with E-state index in [1.54, 1.807) is 19.1 Å². The number of halogens is 2. The van der Waals surface area contributed by atoms with Crippen LogP contribution in [-0.4, -0.2) is 5.71 Å². The van der Waals surface area contributed by atoms with Crippen LogP contribution in [0.15, 0.2) is 70.4 Å². The van der Waals surface area contributed by atoms with Gasteiger partial charge in [-0.25, -0.2) is 4.39 Å². The molecule has 2 rings (SSSR count). The van der Waals surface area contributed by atoms with E-state index >= 15 is 0 Å². The molecule has 0 aliphatic rings. The fraction of sp³-hybridized carbons (Fsp3) is 0.429. The van der Waals surface area contributed by atoms with Crippen molar-refractivity contribution in [2.24, 2.45) is 4.99 Å². The summed E-state index contributed by atoms with van der Waals surface area (Å²) in [6.45, 7) is 18.6. The first-order valence-electron chi connectivity index (χ1n) is 14.0. The van der Waals surface area contributed by atoms with Crippen molar-refractivity contribution in [2.45, 2.75) is 100 Å². The lowest BCUT2D eigenvalue weighted by atomic mass is 9.84. The van der Waals surface area contributed by atoms with Crippen LogP contribution in [0.25, 0.3) is 5.57 Å². The Morgan fingerprint density at radius 1 is 1.08 bits per heavy atom. The number of benzene rings is 2. The highest BCUT2D eigenvalue weighted by molar-refractivity contribution is 6.31. The lowest BCUT2D eigenvalue weighted by molar-refractivity contribution is 0.625. The molecule has 0 aliphatic heterocycles. The summed E-state index contributed by atoms with van der Waals surface area (Å²) < 4.78 is 14.0. The minimum Gasteiger partial charge on any atom is -0.259 e. The van der Waals surface area contributed by atoms with E-state index in [0.29, 0.717) is 11.5 Å². The molecule has 210 valence electrons. The van der Waals surface area contributed by atoms with E-state index in [4.69, 9.17) is 16.9 Å². The standard InChI is InChI=1S/C24H30ClF.C11H16N2/c1-6-8-9-21(22-15-23(25)24(26)14-19(22)7-2)18(5)17(4)20-12-10-16(3)11-13-20;1-5-6-10(3)13-11(4)7-9(2)8-12/h10-15,17H,6-9H2,1-5H3;6-7H,5H2,1-4H3/b21-18+;9-7+,10-6+,13-11+. The molecule has 0 bridgehead atoms. The van der Waals surface area contributed by atoms with E-state index in [2.05, 4.69) is 82.9 Å². The summed E-state index contributed by atoms with van der Waals surface area (Å²) in [6, 6.07) is 14.2. The van der Waals surface area contributed by atoms with Crippen molar-refractivity contribution in [1.82, 2.24) is 0 Å². The van der Waals surface area contributed by atoms with Crippen LogP contribution in [0.1, 0.15) is 109 Å². The van der Waals surface area contributed by atoms with Gasteiger partial charge in [-0.3, -0.25) is 4.99 Å². The van der Waals surface area contributed by atoms with Gasteiger partial charge >= 0.3 is 0 Å². The Bertz CT molecular complexity index is 1240. The summed E-state index contributed by atoms with van der Waals surface area (Å²) in [5, 5.41) is 8.74. The Hall–Kier alpha value is -2.96. The lowest BCUT2D eigenvalue weighted by Crippen LogP contribution is -2.03. The van der Waals surface area contributed by atoms with Crippen molar-refractivity contribution in [1.29, 1.82) is 5.26 Å². The van der Waals surface area contributed by atoms with Crippen molar-refractivity contribution in [2.75, 3.05) is 0 Å². The first-order valence-corrected chi connectivity index (χ1v) is 14.4. The Labute approximate surface area is 242 Å². The van der Waals surface area contributed by atoms with E-state index in [1.807, 2.05) is 19.9 Å². The van der Waals surface area contributed by atoms with Gasteiger partial charge in [-0.15, -0.1) is 0 Å². The summed E-state index contributed by atoms with van der Waals surface area (Å²) in [6.07, 6.45) is 8.87. The molecule has 0 saturated heterocycles. The smallest absolute Gasteiger partial charge is 0.142 e. The monoisotopic (exact) mass is 548 g/mol. The molecule has 0 aromatic heterocycles. The van der Waals surface area contributed by atoms with Crippen LogP contribution in [0.2, 0.25) is 5.02 Å². The fourth-order valence-corrected chi connectivity index (χ4v) is 4.59. The molecule has 0 radical (unpaired) electrons.